The Morgan fingerprint density at radius 3 is 2.37 bits per heavy atom. The zero-order valence-corrected chi connectivity index (χ0v) is 15.7. The van der Waals surface area contributed by atoms with Crippen LogP contribution < -0.4 is 10.9 Å². The molecular weight excluding hydrogens is 365 g/mol. The SMILES string of the molecule is CSc1ccc(NC(=O)C(C)n2nc(-c3ccc(F)cc3)ccc2=O)cc1. The first-order chi connectivity index (χ1) is 13.0. The van der Waals surface area contributed by atoms with Crippen molar-refractivity contribution in [1.29, 1.82) is 0 Å². The van der Waals surface area contributed by atoms with Crippen molar-refractivity contribution in [3.63, 3.8) is 0 Å². The smallest absolute Gasteiger partial charge is 0.267 e. The maximum Gasteiger partial charge on any atom is 0.267 e. The molecule has 1 unspecified atom stereocenters. The second-order valence-electron chi connectivity index (χ2n) is 5.90. The number of aromatic nitrogens is 2. The normalized spacial score (nSPS) is 11.8. The molecule has 1 amide bonds. The molecule has 0 saturated carbocycles. The first-order valence-electron chi connectivity index (χ1n) is 8.28. The highest BCUT2D eigenvalue weighted by atomic mass is 32.2. The van der Waals surface area contributed by atoms with Gasteiger partial charge in [0.1, 0.15) is 11.9 Å². The van der Waals surface area contributed by atoms with Gasteiger partial charge in [0.25, 0.3) is 5.56 Å². The van der Waals surface area contributed by atoms with E-state index < -0.39 is 6.04 Å². The number of rotatable bonds is 5. The fraction of sp³-hybridized carbons (Fsp3) is 0.150. The van der Waals surface area contributed by atoms with E-state index in [0.717, 1.165) is 9.58 Å². The van der Waals surface area contributed by atoms with Gasteiger partial charge in [0, 0.05) is 22.2 Å². The van der Waals surface area contributed by atoms with E-state index in [1.807, 2.05) is 30.5 Å². The molecule has 3 rings (SSSR count). The molecule has 0 aliphatic carbocycles. The average molecular weight is 383 g/mol. The molecule has 0 saturated heterocycles. The lowest BCUT2D eigenvalue weighted by Crippen LogP contribution is -2.33. The lowest BCUT2D eigenvalue weighted by atomic mass is 10.1. The number of benzene rings is 2. The van der Waals surface area contributed by atoms with Gasteiger partial charge in [0.2, 0.25) is 5.91 Å². The van der Waals surface area contributed by atoms with Crippen LogP contribution in [0.4, 0.5) is 10.1 Å². The molecule has 1 heterocycles. The quantitative estimate of drug-likeness (QED) is 0.677. The Labute approximate surface area is 160 Å². The van der Waals surface area contributed by atoms with E-state index in [1.54, 1.807) is 36.9 Å². The summed E-state index contributed by atoms with van der Waals surface area (Å²) in [7, 11) is 0. The number of hydrogen-bond acceptors (Lipinski definition) is 4. The van der Waals surface area contributed by atoms with E-state index in [-0.39, 0.29) is 17.3 Å². The molecule has 27 heavy (non-hydrogen) atoms. The van der Waals surface area contributed by atoms with Crippen molar-refractivity contribution in [3.8, 4) is 11.3 Å². The maximum absolute atomic E-state index is 13.1. The minimum Gasteiger partial charge on any atom is -0.324 e. The number of anilines is 1. The van der Waals surface area contributed by atoms with Crippen molar-refractivity contribution in [2.45, 2.75) is 17.9 Å². The van der Waals surface area contributed by atoms with Crippen LogP contribution in [0.5, 0.6) is 0 Å². The van der Waals surface area contributed by atoms with Crippen LogP contribution in [0.2, 0.25) is 0 Å². The van der Waals surface area contributed by atoms with Gasteiger partial charge in [-0.05, 0) is 67.8 Å². The van der Waals surface area contributed by atoms with Crippen LogP contribution in [0.3, 0.4) is 0 Å². The van der Waals surface area contributed by atoms with Gasteiger partial charge in [-0.15, -0.1) is 11.8 Å². The Bertz CT molecular complexity index is 1000. The predicted octanol–water partition coefficient (Wildman–Crippen LogP) is 3.97. The molecule has 1 aromatic heterocycles. The van der Waals surface area contributed by atoms with Gasteiger partial charge in [0.05, 0.1) is 5.69 Å². The fourth-order valence-electron chi connectivity index (χ4n) is 2.51. The van der Waals surface area contributed by atoms with Gasteiger partial charge in [-0.3, -0.25) is 9.59 Å². The van der Waals surface area contributed by atoms with Gasteiger partial charge in [-0.25, -0.2) is 9.07 Å². The third-order valence-corrected chi connectivity index (χ3v) is 4.81. The number of hydrogen-bond donors (Lipinski definition) is 1. The predicted molar refractivity (Wildman–Crippen MR) is 105 cm³/mol. The van der Waals surface area contributed by atoms with Gasteiger partial charge in [-0.1, -0.05) is 0 Å². The van der Waals surface area contributed by atoms with Crippen LogP contribution >= 0.6 is 11.8 Å². The summed E-state index contributed by atoms with van der Waals surface area (Å²) in [5.74, 6) is -0.704. The summed E-state index contributed by atoms with van der Waals surface area (Å²) in [6.45, 7) is 1.61. The van der Waals surface area contributed by atoms with E-state index in [0.29, 0.717) is 16.9 Å². The van der Waals surface area contributed by atoms with Crippen molar-refractivity contribution in [2.24, 2.45) is 0 Å². The zero-order chi connectivity index (χ0) is 19.4. The Morgan fingerprint density at radius 1 is 1.07 bits per heavy atom. The molecule has 5 nitrogen and oxygen atoms in total. The molecule has 0 fully saturated rings. The van der Waals surface area contributed by atoms with Gasteiger partial charge in [0.15, 0.2) is 0 Å². The van der Waals surface area contributed by atoms with Crippen LogP contribution in [0, 0.1) is 5.82 Å². The van der Waals surface area contributed by atoms with Crippen molar-refractivity contribution in [3.05, 3.63) is 76.8 Å². The monoisotopic (exact) mass is 383 g/mol. The number of thioether (sulfide) groups is 1. The lowest BCUT2D eigenvalue weighted by molar-refractivity contribution is -0.119. The summed E-state index contributed by atoms with van der Waals surface area (Å²) in [6, 6.07) is 15.3. The van der Waals surface area contributed by atoms with E-state index in [2.05, 4.69) is 10.4 Å². The van der Waals surface area contributed by atoms with Gasteiger partial charge < -0.3 is 5.32 Å². The van der Waals surface area contributed by atoms with Crippen LogP contribution in [0.25, 0.3) is 11.3 Å². The molecule has 0 radical (unpaired) electrons. The summed E-state index contributed by atoms with van der Waals surface area (Å²) in [5, 5.41) is 7.07. The molecule has 2 aromatic carbocycles. The standard InChI is InChI=1S/C20H18FN3O2S/c1-13(20(26)22-16-7-9-17(27-2)10-8-16)24-19(25)12-11-18(23-24)14-3-5-15(21)6-4-14/h3-13H,1-2H3,(H,22,26). The largest absolute Gasteiger partial charge is 0.324 e. The molecule has 0 spiro atoms. The van der Waals surface area contributed by atoms with E-state index in [9.17, 15) is 14.0 Å². The number of amides is 1. The first kappa shape index (κ1) is 18.8. The van der Waals surface area contributed by atoms with E-state index in [1.165, 1.54) is 18.2 Å². The Morgan fingerprint density at radius 2 is 1.74 bits per heavy atom. The van der Waals surface area contributed by atoms with Crippen LogP contribution in [-0.2, 0) is 4.79 Å². The number of carbonyl (C=O) groups is 1. The third kappa shape index (κ3) is 4.43. The molecule has 0 aliphatic heterocycles. The first-order valence-corrected chi connectivity index (χ1v) is 9.51. The van der Waals surface area contributed by atoms with Crippen molar-refractivity contribution in [1.82, 2.24) is 9.78 Å². The Balaban J connectivity index is 1.83. The molecule has 0 aliphatic rings. The maximum atomic E-state index is 13.1. The number of nitrogens with zero attached hydrogens (tertiary/aromatic N) is 2. The van der Waals surface area contributed by atoms with E-state index >= 15 is 0 Å². The number of carbonyl (C=O) groups excluding carboxylic acids is 1. The summed E-state index contributed by atoms with van der Waals surface area (Å²) in [5.41, 5.74) is 1.40. The minimum absolute atomic E-state index is 0.349. The van der Waals surface area contributed by atoms with Gasteiger partial charge >= 0.3 is 0 Å². The molecular formula is C20H18FN3O2S. The summed E-state index contributed by atoms with van der Waals surface area (Å²) in [6.07, 6.45) is 1.97. The second-order valence-corrected chi connectivity index (χ2v) is 6.78. The summed E-state index contributed by atoms with van der Waals surface area (Å²) in [4.78, 5) is 25.8. The van der Waals surface area contributed by atoms with Crippen molar-refractivity contribution >= 4 is 23.4 Å². The average Bonchev–Trinajstić information content (AvgIpc) is 2.69. The Hall–Kier alpha value is -2.93. The second kappa shape index (κ2) is 8.18. The van der Waals surface area contributed by atoms with E-state index in [4.69, 9.17) is 0 Å². The minimum atomic E-state index is -0.807. The third-order valence-electron chi connectivity index (χ3n) is 4.07. The van der Waals surface area contributed by atoms with Crippen LogP contribution in [0.1, 0.15) is 13.0 Å². The van der Waals surface area contributed by atoms with Crippen molar-refractivity contribution < 1.29 is 9.18 Å². The van der Waals surface area contributed by atoms with Crippen LogP contribution in [-0.4, -0.2) is 21.9 Å². The summed E-state index contributed by atoms with van der Waals surface area (Å²) >= 11 is 1.61. The lowest BCUT2D eigenvalue weighted by Gasteiger charge is -2.15. The molecule has 3 aromatic rings. The van der Waals surface area contributed by atoms with Gasteiger partial charge in [-0.2, -0.15) is 5.10 Å². The summed E-state index contributed by atoms with van der Waals surface area (Å²) < 4.78 is 14.2. The molecule has 1 N–H and O–H groups in total. The fourth-order valence-corrected chi connectivity index (χ4v) is 2.92. The highest BCUT2D eigenvalue weighted by Crippen LogP contribution is 2.19. The Kier molecular flexibility index (Phi) is 5.71. The molecule has 7 heteroatoms. The topological polar surface area (TPSA) is 64.0 Å². The zero-order valence-electron chi connectivity index (χ0n) is 14.8. The number of halogens is 1. The molecule has 138 valence electrons. The number of nitrogens with one attached hydrogen (secondary N) is 1. The highest BCUT2D eigenvalue weighted by Gasteiger charge is 2.18. The van der Waals surface area contributed by atoms with Crippen LogP contribution in [0.15, 0.2) is 70.4 Å². The molecule has 0 bridgehead atoms. The van der Waals surface area contributed by atoms with Crippen molar-refractivity contribution in [2.75, 3.05) is 11.6 Å². The highest BCUT2D eigenvalue weighted by molar-refractivity contribution is 7.98. The molecule has 1 atom stereocenters.